The van der Waals surface area contributed by atoms with Gasteiger partial charge in [0.1, 0.15) is 0 Å². The molecule has 0 aromatic carbocycles. The largest absolute Gasteiger partial charge is 0.338 e. The van der Waals surface area contributed by atoms with Gasteiger partial charge in [0.2, 0.25) is 5.91 Å². The molecule has 0 atom stereocenters. The Morgan fingerprint density at radius 2 is 1.79 bits per heavy atom. The lowest BCUT2D eigenvalue weighted by Crippen LogP contribution is -2.57. The number of hydrogen-bond donors (Lipinski definition) is 1. The first-order valence-corrected chi connectivity index (χ1v) is 5.44. The average molecular weight is 196 g/mol. The van der Waals surface area contributed by atoms with Gasteiger partial charge >= 0.3 is 0 Å². The van der Waals surface area contributed by atoms with Crippen molar-refractivity contribution in [2.45, 2.75) is 31.2 Å². The Hall–Kier alpha value is -0.610. The molecule has 1 radical (unpaired) electrons. The van der Waals surface area contributed by atoms with Crippen molar-refractivity contribution < 1.29 is 4.79 Å². The van der Waals surface area contributed by atoms with Crippen molar-refractivity contribution in [3.8, 4) is 0 Å². The monoisotopic (exact) mass is 196 g/mol. The van der Waals surface area contributed by atoms with Gasteiger partial charge in [-0.15, -0.1) is 0 Å². The molecule has 2 N–H and O–H groups in total. The van der Waals surface area contributed by atoms with Crippen molar-refractivity contribution in [1.82, 2.24) is 10.2 Å². The lowest BCUT2D eigenvalue weighted by Gasteiger charge is -2.33. The molecule has 2 aliphatic rings. The minimum atomic E-state index is -0.544. The summed E-state index contributed by atoms with van der Waals surface area (Å²) in [4.78, 5) is 14.0. The number of rotatable bonds is 1. The minimum absolute atomic E-state index is 0.157. The molecule has 14 heavy (non-hydrogen) atoms. The van der Waals surface area contributed by atoms with Crippen LogP contribution in [-0.2, 0) is 4.79 Å². The number of nitrogens with two attached hydrogens (primary N) is 1. The zero-order chi connectivity index (χ0) is 10.0. The van der Waals surface area contributed by atoms with E-state index in [1.165, 1.54) is 0 Å². The van der Waals surface area contributed by atoms with Crippen LogP contribution in [0, 0.1) is 0 Å². The Morgan fingerprint density at radius 3 is 2.36 bits per heavy atom. The van der Waals surface area contributed by atoms with E-state index in [1.54, 1.807) is 0 Å². The Balaban J connectivity index is 1.98. The van der Waals surface area contributed by atoms with E-state index in [1.807, 2.05) is 4.90 Å². The van der Waals surface area contributed by atoms with Crippen LogP contribution in [0.1, 0.15) is 25.7 Å². The van der Waals surface area contributed by atoms with Gasteiger partial charge in [-0.25, -0.2) is 5.32 Å². The first-order valence-electron chi connectivity index (χ1n) is 5.44. The van der Waals surface area contributed by atoms with Crippen LogP contribution >= 0.6 is 0 Å². The van der Waals surface area contributed by atoms with Crippen molar-refractivity contribution in [2.24, 2.45) is 5.73 Å². The fourth-order valence-corrected chi connectivity index (χ4v) is 2.34. The number of piperazine rings is 1. The van der Waals surface area contributed by atoms with E-state index in [0.717, 1.165) is 51.9 Å². The predicted octanol–water partition coefficient (Wildman–Crippen LogP) is -0.296. The van der Waals surface area contributed by atoms with Crippen LogP contribution in [0.3, 0.4) is 0 Å². The Kier molecular flexibility index (Phi) is 2.74. The molecule has 4 nitrogen and oxygen atoms in total. The van der Waals surface area contributed by atoms with Crippen molar-refractivity contribution in [2.75, 3.05) is 26.2 Å². The van der Waals surface area contributed by atoms with Gasteiger partial charge in [0.05, 0.1) is 5.54 Å². The standard InChI is InChI=1S/C10H18N3O/c11-10(3-1-2-4-10)9(14)13-7-5-12-6-8-13/h1-8,11H2. The molecule has 0 aromatic rings. The SMILES string of the molecule is NC1(C(=O)N2CC[N]CC2)CCCC1. The highest BCUT2D eigenvalue weighted by Gasteiger charge is 2.39. The van der Waals surface area contributed by atoms with Crippen LogP contribution in [0.5, 0.6) is 0 Å². The third kappa shape index (κ3) is 1.77. The topological polar surface area (TPSA) is 60.4 Å². The van der Waals surface area contributed by atoms with Gasteiger partial charge in [0.25, 0.3) is 0 Å². The molecule has 2 fully saturated rings. The van der Waals surface area contributed by atoms with Crippen molar-refractivity contribution in [3.05, 3.63) is 0 Å². The maximum atomic E-state index is 12.1. The molecule has 0 spiro atoms. The van der Waals surface area contributed by atoms with Gasteiger partial charge in [-0.3, -0.25) is 4.79 Å². The van der Waals surface area contributed by atoms with Crippen LogP contribution < -0.4 is 11.1 Å². The molecule has 4 heteroatoms. The van der Waals surface area contributed by atoms with Crippen LogP contribution in [0.15, 0.2) is 0 Å². The number of nitrogens with zero attached hydrogens (tertiary/aromatic N) is 2. The number of amides is 1. The molecule has 1 saturated carbocycles. The minimum Gasteiger partial charge on any atom is -0.338 e. The van der Waals surface area contributed by atoms with E-state index in [4.69, 9.17) is 5.73 Å². The second kappa shape index (κ2) is 3.87. The summed E-state index contributed by atoms with van der Waals surface area (Å²) in [6.07, 6.45) is 3.92. The van der Waals surface area contributed by atoms with Crippen LogP contribution in [-0.4, -0.2) is 42.5 Å². The third-order valence-corrected chi connectivity index (χ3v) is 3.26. The lowest BCUT2D eigenvalue weighted by molar-refractivity contribution is -0.137. The van der Waals surface area contributed by atoms with Crippen molar-refractivity contribution in [1.29, 1.82) is 0 Å². The van der Waals surface area contributed by atoms with Gasteiger partial charge in [-0.2, -0.15) is 0 Å². The summed E-state index contributed by atoms with van der Waals surface area (Å²) in [7, 11) is 0. The number of hydrogen-bond acceptors (Lipinski definition) is 2. The van der Waals surface area contributed by atoms with Gasteiger partial charge in [0.15, 0.2) is 0 Å². The second-order valence-electron chi connectivity index (χ2n) is 4.33. The van der Waals surface area contributed by atoms with Gasteiger partial charge in [-0.05, 0) is 12.8 Å². The molecule has 0 bridgehead atoms. The molecule has 1 amide bonds. The summed E-state index contributed by atoms with van der Waals surface area (Å²) in [6, 6.07) is 0. The number of carbonyl (C=O) groups is 1. The first kappa shape index (κ1) is 9.93. The molecule has 0 unspecified atom stereocenters. The Labute approximate surface area is 84.8 Å². The summed E-state index contributed by atoms with van der Waals surface area (Å²) in [5.41, 5.74) is 5.57. The van der Waals surface area contributed by atoms with E-state index in [2.05, 4.69) is 5.32 Å². The lowest BCUT2D eigenvalue weighted by atomic mass is 9.97. The molecule has 0 aromatic heterocycles. The van der Waals surface area contributed by atoms with E-state index >= 15 is 0 Å². The average Bonchev–Trinajstić information content (AvgIpc) is 2.67. The zero-order valence-electron chi connectivity index (χ0n) is 8.54. The highest BCUT2D eigenvalue weighted by atomic mass is 16.2. The Bertz CT molecular complexity index is 217. The summed E-state index contributed by atoms with van der Waals surface area (Å²) in [5, 5.41) is 4.22. The quantitative estimate of drug-likeness (QED) is 0.626. The van der Waals surface area contributed by atoms with Gasteiger partial charge < -0.3 is 10.6 Å². The van der Waals surface area contributed by atoms with Gasteiger partial charge in [-0.1, -0.05) is 12.8 Å². The predicted molar refractivity (Wildman–Crippen MR) is 53.8 cm³/mol. The van der Waals surface area contributed by atoms with Crippen LogP contribution in [0.2, 0.25) is 0 Å². The fraction of sp³-hybridized carbons (Fsp3) is 0.900. The molecule has 2 rings (SSSR count). The van der Waals surface area contributed by atoms with Gasteiger partial charge in [0, 0.05) is 26.2 Å². The molecule has 1 aliphatic carbocycles. The summed E-state index contributed by atoms with van der Waals surface area (Å²) < 4.78 is 0. The van der Waals surface area contributed by atoms with Crippen molar-refractivity contribution >= 4 is 5.91 Å². The van der Waals surface area contributed by atoms with Crippen LogP contribution in [0.4, 0.5) is 0 Å². The summed E-state index contributed by atoms with van der Waals surface area (Å²) in [5.74, 6) is 0.157. The van der Waals surface area contributed by atoms with E-state index in [-0.39, 0.29) is 5.91 Å². The van der Waals surface area contributed by atoms with E-state index < -0.39 is 5.54 Å². The second-order valence-corrected chi connectivity index (χ2v) is 4.33. The normalized spacial score (nSPS) is 26.5. The highest BCUT2D eigenvalue weighted by Crippen LogP contribution is 2.29. The highest BCUT2D eigenvalue weighted by molar-refractivity contribution is 5.86. The maximum absolute atomic E-state index is 12.1. The van der Waals surface area contributed by atoms with E-state index in [0.29, 0.717) is 0 Å². The molecule has 79 valence electrons. The molecule has 1 saturated heterocycles. The number of carbonyl (C=O) groups excluding carboxylic acids is 1. The molecular weight excluding hydrogens is 178 g/mol. The molecule has 1 heterocycles. The Morgan fingerprint density at radius 1 is 1.21 bits per heavy atom. The van der Waals surface area contributed by atoms with Crippen molar-refractivity contribution in [3.63, 3.8) is 0 Å². The summed E-state index contributed by atoms with van der Waals surface area (Å²) in [6.45, 7) is 3.08. The maximum Gasteiger partial charge on any atom is 0.242 e. The third-order valence-electron chi connectivity index (χ3n) is 3.26. The smallest absolute Gasteiger partial charge is 0.242 e. The first-order chi connectivity index (χ1) is 6.72. The summed E-state index contributed by atoms with van der Waals surface area (Å²) >= 11 is 0. The fourth-order valence-electron chi connectivity index (χ4n) is 2.34. The molecule has 1 aliphatic heterocycles. The molecular formula is C10H18N3O. The van der Waals surface area contributed by atoms with Crippen LogP contribution in [0.25, 0.3) is 0 Å². The van der Waals surface area contributed by atoms with E-state index in [9.17, 15) is 4.79 Å². The zero-order valence-corrected chi connectivity index (χ0v) is 8.54.